The zero-order chi connectivity index (χ0) is 18.4. The molecule has 1 aromatic heterocycles. The number of carbonyl (C=O) groups is 1. The zero-order valence-corrected chi connectivity index (χ0v) is 17.1. The number of aromatic nitrogens is 2. The van der Waals surface area contributed by atoms with Crippen LogP contribution in [0.25, 0.3) is 11.5 Å². The largest absolute Gasteiger partial charge is 0.411 e. The van der Waals surface area contributed by atoms with Gasteiger partial charge in [0.15, 0.2) is 0 Å². The van der Waals surface area contributed by atoms with Crippen LogP contribution in [0, 0.1) is 0 Å². The van der Waals surface area contributed by atoms with Gasteiger partial charge in [-0.25, -0.2) is 0 Å². The Morgan fingerprint density at radius 3 is 2.85 bits per heavy atom. The fraction of sp³-hybridized carbons (Fsp3) is 0.421. The minimum atomic E-state index is -0.284. The molecule has 0 saturated carbocycles. The number of hydrogen-bond donors (Lipinski definition) is 1. The Labute approximate surface area is 166 Å². The predicted octanol–water partition coefficient (Wildman–Crippen LogP) is 4.99. The molecule has 138 valence electrons. The summed E-state index contributed by atoms with van der Waals surface area (Å²) in [7, 11) is 0. The fourth-order valence-corrected chi connectivity index (χ4v) is 3.77. The number of carbonyl (C=O) groups excluding carboxylic acids is 1. The van der Waals surface area contributed by atoms with Crippen LogP contribution in [0.2, 0.25) is 0 Å². The highest BCUT2D eigenvalue weighted by Crippen LogP contribution is 2.27. The first-order chi connectivity index (χ1) is 12.6. The molecule has 0 bridgehead atoms. The van der Waals surface area contributed by atoms with Crippen molar-refractivity contribution in [1.29, 1.82) is 0 Å². The van der Waals surface area contributed by atoms with Gasteiger partial charge in [0.25, 0.3) is 5.22 Å². The molecule has 2 aromatic rings. The highest BCUT2D eigenvalue weighted by Gasteiger charge is 2.18. The normalized spacial score (nSPS) is 15.4. The van der Waals surface area contributed by atoms with Gasteiger partial charge in [0.05, 0.1) is 5.25 Å². The van der Waals surface area contributed by atoms with E-state index in [0.717, 1.165) is 16.5 Å². The van der Waals surface area contributed by atoms with Crippen LogP contribution in [0.4, 0.5) is 0 Å². The highest BCUT2D eigenvalue weighted by atomic mass is 79.9. The fourth-order valence-electron chi connectivity index (χ4n) is 2.79. The molecule has 1 aliphatic carbocycles. The maximum absolute atomic E-state index is 12.3. The van der Waals surface area contributed by atoms with Gasteiger partial charge in [0.2, 0.25) is 11.8 Å². The summed E-state index contributed by atoms with van der Waals surface area (Å²) >= 11 is 4.68. The number of rotatable bonds is 7. The van der Waals surface area contributed by atoms with Crippen molar-refractivity contribution in [3.05, 3.63) is 40.4 Å². The molecule has 1 atom stereocenters. The van der Waals surface area contributed by atoms with Gasteiger partial charge in [0.1, 0.15) is 0 Å². The lowest BCUT2D eigenvalue weighted by Gasteiger charge is -2.14. The van der Waals surface area contributed by atoms with Crippen LogP contribution in [0.3, 0.4) is 0 Å². The Morgan fingerprint density at radius 1 is 1.31 bits per heavy atom. The van der Waals surface area contributed by atoms with Crippen LogP contribution in [-0.2, 0) is 4.79 Å². The molecule has 3 rings (SSSR count). The minimum absolute atomic E-state index is 0.00481. The lowest BCUT2D eigenvalue weighted by Crippen LogP contribution is -2.31. The number of amides is 1. The average Bonchev–Trinajstić information content (AvgIpc) is 3.11. The van der Waals surface area contributed by atoms with Crippen LogP contribution in [0.5, 0.6) is 0 Å². The molecular weight excluding hydrogens is 414 g/mol. The van der Waals surface area contributed by atoms with E-state index in [9.17, 15) is 4.79 Å². The number of allylic oxidation sites excluding steroid dienone is 1. The van der Waals surface area contributed by atoms with Crippen molar-refractivity contribution in [1.82, 2.24) is 15.5 Å². The Kier molecular flexibility index (Phi) is 6.91. The summed E-state index contributed by atoms with van der Waals surface area (Å²) in [6.07, 6.45) is 8.15. The van der Waals surface area contributed by atoms with Gasteiger partial charge in [-0.15, -0.1) is 10.2 Å². The van der Waals surface area contributed by atoms with E-state index >= 15 is 0 Å². The Morgan fingerprint density at radius 2 is 2.12 bits per heavy atom. The van der Waals surface area contributed by atoms with Crippen molar-refractivity contribution in [3.8, 4) is 11.5 Å². The predicted molar refractivity (Wildman–Crippen MR) is 107 cm³/mol. The summed E-state index contributed by atoms with van der Waals surface area (Å²) in [6, 6.07) is 7.65. The first-order valence-corrected chi connectivity index (χ1v) is 10.5. The molecule has 1 N–H and O–H groups in total. The van der Waals surface area contributed by atoms with E-state index in [1.807, 2.05) is 31.2 Å². The van der Waals surface area contributed by atoms with E-state index in [-0.39, 0.29) is 11.2 Å². The van der Waals surface area contributed by atoms with Gasteiger partial charge in [0, 0.05) is 16.6 Å². The molecule has 0 radical (unpaired) electrons. The van der Waals surface area contributed by atoms with Gasteiger partial charge >= 0.3 is 0 Å². The summed E-state index contributed by atoms with van der Waals surface area (Å²) in [5.74, 6) is 0.451. The topological polar surface area (TPSA) is 68.0 Å². The molecule has 26 heavy (non-hydrogen) atoms. The van der Waals surface area contributed by atoms with Gasteiger partial charge < -0.3 is 9.73 Å². The third kappa shape index (κ3) is 5.45. The molecule has 0 saturated heterocycles. The third-order valence-corrected chi connectivity index (χ3v) is 5.74. The summed E-state index contributed by atoms with van der Waals surface area (Å²) < 4.78 is 6.66. The van der Waals surface area contributed by atoms with Gasteiger partial charge in [-0.3, -0.25) is 4.79 Å². The van der Waals surface area contributed by atoms with Crippen LogP contribution < -0.4 is 5.32 Å². The Balaban J connectivity index is 1.48. The Bertz CT molecular complexity index is 773. The first kappa shape index (κ1) is 19.2. The van der Waals surface area contributed by atoms with Crippen molar-refractivity contribution in [2.75, 3.05) is 6.54 Å². The summed E-state index contributed by atoms with van der Waals surface area (Å²) in [4.78, 5) is 12.3. The van der Waals surface area contributed by atoms with Crippen LogP contribution in [0.1, 0.15) is 39.0 Å². The second kappa shape index (κ2) is 9.37. The smallest absolute Gasteiger partial charge is 0.277 e. The van der Waals surface area contributed by atoms with Crippen LogP contribution in [0.15, 0.2) is 50.0 Å². The van der Waals surface area contributed by atoms with Crippen molar-refractivity contribution >= 4 is 33.6 Å². The summed E-state index contributed by atoms with van der Waals surface area (Å²) in [5.41, 5.74) is 2.32. The quantitative estimate of drug-likeness (QED) is 0.490. The standard InChI is InChI=1S/C19H22BrN3O2S/c1-13(17(24)21-12-11-14-5-3-2-4-6-14)26-19-23-22-18(25-19)15-7-9-16(20)10-8-15/h5,7-10,13H,2-4,6,11-12H2,1H3,(H,21,24). The zero-order valence-electron chi connectivity index (χ0n) is 14.7. The van der Waals surface area contributed by atoms with E-state index in [0.29, 0.717) is 17.7 Å². The number of nitrogens with zero attached hydrogens (tertiary/aromatic N) is 2. The van der Waals surface area contributed by atoms with Crippen molar-refractivity contribution in [3.63, 3.8) is 0 Å². The van der Waals surface area contributed by atoms with Gasteiger partial charge in [-0.2, -0.15) is 0 Å². The van der Waals surface area contributed by atoms with E-state index < -0.39 is 0 Å². The summed E-state index contributed by atoms with van der Waals surface area (Å²) in [5, 5.41) is 11.2. The molecule has 0 fully saturated rings. The average molecular weight is 436 g/mol. The number of nitrogens with one attached hydrogen (secondary N) is 1. The molecule has 1 aliphatic rings. The van der Waals surface area contributed by atoms with E-state index in [1.165, 1.54) is 43.0 Å². The first-order valence-electron chi connectivity index (χ1n) is 8.83. The van der Waals surface area contributed by atoms with Crippen molar-refractivity contribution in [2.45, 2.75) is 49.5 Å². The second-order valence-corrected chi connectivity index (χ2v) is 8.50. The van der Waals surface area contributed by atoms with Crippen molar-refractivity contribution < 1.29 is 9.21 Å². The van der Waals surface area contributed by atoms with E-state index in [2.05, 4.69) is 37.5 Å². The second-order valence-electron chi connectivity index (χ2n) is 6.29. The molecule has 1 heterocycles. The lowest BCUT2D eigenvalue weighted by molar-refractivity contribution is -0.120. The lowest BCUT2D eigenvalue weighted by atomic mass is 9.97. The number of thioether (sulfide) groups is 1. The molecule has 5 nitrogen and oxygen atoms in total. The van der Waals surface area contributed by atoms with Gasteiger partial charge in [-0.05, 0) is 63.3 Å². The third-order valence-electron chi connectivity index (χ3n) is 4.27. The number of benzene rings is 1. The highest BCUT2D eigenvalue weighted by molar-refractivity contribution is 9.10. The van der Waals surface area contributed by atoms with E-state index in [1.54, 1.807) is 0 Å². The SMILES string of the molecule is CC(Sc1nnc(-c2ccc(Br)cc2)o1)C(=O)NCCC1=CCCCC1. The molecule has 0 spiro atoms. The molecular formula is C19H22BrN3O2S. The Hall–Kier alpha value is -1.60. The molecule has 1 unspecified atom stereocenters. The summed E-state index contributed by atoms with van der Waals surface area (Å²) in [6.45, 7) is 2.53. The molecule has 7 heteroatoms. The maximum atomic E-state index is 12.3. The minimum Gasteiger partial charge on any atom is -0.411 e. The molecule has 0 aliphatic heterocycles. The molecule has 1 amide bonds. The number of hydrogen-bond acceptors (Lipinski definition) is 5. The van der Waals surface area contributed by atoms with E-state index in [4.69, 9.17) is 4.42 Å². The number of halogens is 1. The maximum Gasteiger partial charge on any atom is 0.277 e. The monoisotopic (exact) mass is 435 g/mol. The molecule has 1 aromatic carbocycles. The van der Waals surface area contributed by atoms with Gasteiger partial charge in [-0.1, -0.05) is 39.3 Å². The van der Waals surface area contributed by atoms with Crippen molar-refractivity contribution in [2.24, 2.45) is 0 Å². The van der Waals surface area contributed by atoms with Crippen LogP contribution in [-0.4, -0.2) is 27.9 Å². The van der Waals surface area contributed by atoms with Crippen LogP contribution >= 0.6 is 27.7 Å².